The average Bonchev–Trinajstić information content (AvgIpc) is 3.40. The molecule has 0 spiro atoms. The van der Waals surface area contributed by atoms with Crippen LogP contribution in [0.2, 0.25) is 5.02 Å². The fraction of sp³-hybridized carbons (Fsp3) is 0.278. The van der Waals surface area contributed by atoms with Crippen LogP contribution in [-0.4, -0.2) is 24.3 Å². The molecule has 1 aromatic carbocycles. The van der Waals surface area contributed by atoms with Gasteiger partial charge in [0.1, 0.15) is 13.2 Å². The maximum Gasteiger partial charge on any atom is 0.247 e. The molecule has 1 aliphatic heterocycles. The van der Waals surface area contributed by atoms with Gasteiger partial charge in [-0.1, -0.05) is 49.1 Å². The Morgan fingerprint density at radius 3 is 2.54 bits per heavy atom. The average molecular weight is 350 g/mol. The van der Waals surface area contributed by atoms with E-state index in [1.165, 1.54) is 0 Å². The maximum atomic E-state index is 11.3. The Hall–Kier alpha value is -2.24. The first-order valence-electron chi connectivity index (χ1n) is 7.55. The topological polar surface area (TPSA) is 67.8 Å². The molecule has 2 atom stereocenters. The van der Waals surface area contributed by atoms with Gasteiger partial charge in [-0.25, -0.2) is 5.48 Å². The summed E-state index contributed by atoms with van der Waals surface area (Å²) in [6, 6.07) is 3.65. The fourth-order valence-corrected chi connectivity index (χ4v) is 2.71. The van der Waals surface area contributed by atoms with E-state index < -0.39 is 0 Å². The van der Waals surface area contributed by atoms with Crippen LogP contribution in [0, 0.1) is 5.92 Å². The summed E-state index contributed by atoms with van der Waals surface area (Å²) in [5.41, 5.74) is 2.62. The first-order chi connectivity index (χ1) is 11.6. The highest BCUT2D eigenvalue weighted by atomic mass is 35.5. The highest BCUT2D eigenvalue weighted by Crippen LogP contribution is 2.51. The molecule has 24 heavy (non-hydrogen) atoms. The van der Waals surface area contributed by atoms with E-state index in [0.717, 1.165) is 5.56 Å². The standard InChI is InChI=1S/C12H12ClNO4.C6H8/c13-9-3-6(7-5-8(7)12(15)14-16)4-10-11(9)18-2-1-17-10;1-3-5-6-4-2/h3-4,7-8,16H,1-2,5H2,(H,14,15);3-6H,1-2H2/b;6-5-. The summed E-state index contributed by atoms with van der Waals surface area (Å²) in [7, 11) is 0. The zero-order valence-electron chi connectivity index (χ0n) is 13.2. The Morgan fingerprint density at radius 1 is 1.25 bits per heavy atom. The Labute approximate surface area is 146 Å². The Bertz CT molecular complexity index is 647. The second kappa shape index (κ2) is 8.57. The van der Waals surface area contributed by atoms with Crippen molar-refractivity contribution in [2.75, 3.05) is 13.2 Å². The summed E-state index contributed by atoms with van der Waals surface area (Å²) >= 11 is 6.13. The number of carbonyl (C=O) groups is 1. The van der Waals surface area contributed by atoms with Crippen LogP contribution in [0.1, 0.15) is 17.9 Å². The molecule has 3 rings (SSSR count). The summed E-state index contributed by atoms with van der Waals surface area (Å²) in [4.78, 5) is 11.3. The minimum absolute atomic E-state index is 0.0884. The number of carbonyl (C=O) groups excluding carboxylic acids is 1. The molecule has 0 saturated heterocycles. The van der Waals surface area contributed by atoms with Crippen LogP contribution in [0.4, 0.5) is 0 Å². The van der Waals surface area contributed by atoms with Crippen LogP contribution in [0.15, 0.2) is 49.6 Å². The van der Waals surface area contributed by atoms with Crippen molar-refractivity contribution in [1.29, 1.82) is 0 Å². The van der Waals surface area contributed by atoms with E-state index in [1.54, 1.807) is 23.7 Å². The Morgan fingerprint density at radius 2 is 1.92 bits per heavy atom. The predicted molar refractivity (Wildman–Crippen MR) is 92.8 cm³/mol. The molecular weight excluding hydrogens is 330 g/mol. The number of amides is 1. The smallest absolute Gasteiger partial charge is 0.247 e. The van der Waals surface area contributed by atoms with Gasteiger partial charge in [0.2, 0.25) is 5.91 Å². The minimum Gasteiger partial charge on any atom is -0.486 e. The summed E-state index contributed by atoms with van der Waals surface area (Å²) in [5.74, 6) is 0.736. The highest BCUT2D eigenvalue weighted by molar-refractivity contribution is 6.32. The van der Waals surface area contributed by atoms with Gasteiger partial charge in [0, 0.05) is 5.92 Å². The number of hydrogen-bond acceptors (Lipinski definition) is 4. The van der Waals surface area contributed by atoms with Gasteiger partial charge in [-0.05, 0) is 30.0 Å². The number of hydroxylamine groups is 1. The summed E-state index contributed by atoms with van der Waals surface area (Å²) in [5, 5.41) is 9.08. The summed E-state index contributed by atoms with van der Waals surface area (Å²) in [6.07, 6.45) is 7.78. The lowest BCUT2D eigenvalue weighted by atomic mass is 10.1. The molecule has 2 unspecified atom stereocenters. The SMILES string of the molecule is C=C/C=C\C=C.O=C(NO)C1CC1c1cc(Cl)c2c(c1)OCCO2. The van der Waals surface area contributed by atoms with Gasteiger partial charge >= 0.3 is 0 Å². The molecule has 1 aromatic rings. The molecule has 2 aliphatic rings. The number of halogens is 1. The molecule has 0 bridgehead atoms. The molecular formula is C18H20ClNO4. The number of benzene rings is 1. The van der Waals surface area contributed by atoms with Gasteiger partial charge in [0.15, 0.2) is 11.5 Å². The molecule has 2 N–H and O–H groups in total. The molecule has 0 aromatic heterocycles. The van der Waals surface area contributed by atoms with E-state index in [1.807, 2.05) is 18.2 Å². The number of nitrogens with one attached hydrogen (secondary N) is 1. The molecule has 128 valence electrons. The molecule has 1 aliphatic carbocycles. The highest BCUT2D eigenvalue weighted by Gasteiger charge is 2.44. The van der Waals surface area contributed by atoms with Gasteiger partial charge < -0.3 is 9.47 Å². The normalized spacial score (nSPS) is 20.6. The minimum atomic E-state index is -0.356. The zero-order valence-corrected chi connectivity index (χ0v) is 14.0. The van der Waals surface area contributed by atoms with E-state index >= 15 is 0 Å². The zero-order chi connectivity index (χ0) is 17.5. The van der Waals surface area contributed by atoms with Crippen LogP contribution in [0.5, 0.6) is 11.5 Å². The van der Waals surface area contributed by atoms with E-state index in [0.29, 0.717) is 36.2 Å². The Balaban J connectivity index is 0.000000301. The summed E-state index contributed by atoms with van der Waals surface area (Å²) < 4.78 is 10.9. The molecule has 1 fully saturated rings. The number of allylic oxidation sites excluding steroid dienone is 4. The van der Waals surface area contributed by atoms with Crippen LogP contribution < -0.4 is 15.0 Å². The van der Waals surface area contributed by atoms with Gasteiger partial charge in [-0.3, -0.25) is 10.0 Å². The molecule has 0 radical (unpaired) electrons. The summed E-state index contributed by atoms with van der Waals surface area (Å²) in [6.45, 7) is 7.92. The van der Waals surface area contributed by atoms with E-state index in [2.05, 4.69) is 13.2 Å². The van der Waals surface area contributed by atoms with Gasteiger partial charge in [0.25, 0.3) is 0 Å². The number of fused-ring (bicyclic) bond motifs is 1. The third kappa shape index (κ3) is 4.40. The van der Waals surface area contributed by atoms with Crippen molar-refractivity contribution < 1.29 is 19.5 Å². The van der Waals surface area contributed by atoms with Crippen LogP contribution in [0.3, 0.4) is 0 Å². The fourth-order valence-electron chi connectivity index (χ4n) is 2.44. The largest absolute Gasteiger partial charge is 0.486 e. The number of ether oxygens (including phenoxy) is 2. The lowest BCUT2D eigenvalue weighted by molar-refractivity contribution is -0.130. The second-order valence-electron chi connectivity index (χ2n) is 5.31. The third-order valence-electron chi connectivity index (χ3n) is 3.67. The predicted octanol–water partition coefficient (Wildman–Crippen LogP) is 3.63. The number of hydrogen-bond donors (Lipinski definition) is 2. The van der Waals surface area contributed by atoms with Crippen molar-refractivity contribution in [1.82, 2.24) is 5.48 Å². The van der Waals surface area contributed by atoms with Crippen molar-refractivity contribution in [2.45, 2.75) is 12.3 Å². The molecule has 1 heterocycles. The molecule has 1 amide bonds. The van der Waals surface area contributed by atoms with Gasteiger partial charge in [-0.15, -0.1) is 0 Å². The lowest BCUT2D eigenvalue weighted by Gasteiger charge is -2.20. The Kier molecular flexibility index (Phi) is 6.46. The quantitative estimate of drug-likeness (QED) is 0.495. The van der Waals surface area contributed by atoms with Crippen LogP contribution in [0.25, 0.3) is 0 Å². The van der Waals surface area contributed by atoms with Crippen molar-refractivity contribution >= 4 is 17.5 Å². The van der Waals surface area contributed by atoms with E-state index in [4.69, 9.17) is 26.3 Å². The third-order valence-corrected chi connectivity index (χ3v) is 3.95. The van der Waals surface area contributed by atoms with Crippen LogP contribution >= 0.6 is 11.6 Å². The van der Waals surface area contributed by atoms with Gasteiger partial charge in [-0.2, -0.15) is 0 Å². The van der Waals surface area contributed by atoms with Crippen molar-refractivity contribution in [3.05, 3.63) is 60.2 Å². The first-order valence-corrected chi connectivity index (χ1v) is 7.93. The first kappa shape index (κ1) is 18.1. The van der Waals surface area contributed by atoms with Gasteiger partial charge in [0.05, 0.1) is 5.02 Å². The van der Waals surface area contributed by atoms with E-state index in [9.17, 15) is 4.79 Å². The van der Waals surface area contributed by atoms with Crippen molar-refractivity contribution in [2.24, 2.45) is 5.92 Å². The monoisotopic (exact) mass is 349 g/mol. The van der Waals surface area contributed by atoms with Crippen molar-refractivity contribution in [3.8, 4) is 11.5 Å². The van der Waals surface area contributed by atoms with E-state index in [-0.39, 0.29) is 17.7 Å². The van der Waals surface area contributed by atoms with Crippen LogP contribution in [-0.2, 0) is 4.79 Å². The molecule has 6 heteroatoms. The lowest BCUT2D eigenvalue weighted by Crippen LogP contribution is -2.21. The number of rotatable bonds is 4. The second-order valence-corrected chi connectivity index (χ2v) is 5.72. The van der Waals surface area contributed by atoms with Crippen molar-refractivity contribution in [3.63, 3.8) is 0 Å². The molecule has 5 nitrogen and oxygen atoms in total. The molecule has 1 saturated carbocycles. The maximum absolute atomic E-state index is 11.3.